The number of nitrogens with zero attached hydrogens (tertiary/aromatic N) is 3. The molecule has 0 aromatic carbocycles. The van der Waals surface area contributed by atoms with Crippen LogP contribution >= 0.6 is 15.9 Å². The summed E-state index contributed by atoms with van der Waals surface area (Å²) in [5.74, 6) is 0.976. The van der Waals surface area contributed by atoms with Crippen LogP contribution in [0.2, 0.25) is 0 Å². The molecule has 1 aromatic heterocycles. The van der Waals surface area contributed by atoms with Crippen LogP contribution in [0, 0.1) is 0 Å². The quantitative estimate of drug-likeness (QED) is 0.606. The molecule has 0 unspecified atom stereocenters. The third-order valence-electron chi connectivity index (χ3n) is 1.29. The molecule has 3 N–H and O–H groups in total. The minimum Gasteiger partial charge on any atom is -0.380 e. The van der Waals surface area contributed by atoms with Crippen LogP contribution < -0.4 is 16.0 Å². The number of fused-ring (bicyclic) bond motifs is 1. The zero-order valence-corrected chi connectivity index (χ0v) is 6.96. The lowest BCUT2D eigenvalue weighted by Gasteiger charge is -1.93. The molecule has 1 radical (unpaired) electrons. The molecular formula is C5H4BrN5+. The van der Waals surface area contributed by atoms with E-state index in [0.29, 0.717) is 22.1 Å². The molecule has 0 fully saturated rings. The van der Waals surface area contributed by atoms with Crippen molar-refractivity contribution in [2.45, 2.75) is 0 Å². The number of aliphatic imine (C=N–C) groups is 1. The maximum atomic E-state index is 5.55. The van der Waals surface area contributed by atoms with Crippen molar-refractivity contribution in [3.8, 4) is 0 Å². The predicted molar refractivity (Wildman–Crippen MR) is 45.6 cm³/mol. The predicted octanol–water partition coefficient (Wildman–Crippen LogP) is 0.242. The van der Waals surface area contributed by atoms with Crippen molar-refractivity contribution in [1.29, 1.82) is 0 Å². The highest BCUT2D eigenvalue weighted by molar-refractivity contribution is 9.10. The highest BCUT2D eigenvalue weighted by Crippen LogP contribution is 2.27. The zero-order chi connectivity index (χ0) is 7.84. The highest BCUT2D eigenvalue weighted by Gasteiger charge is 2.22. The molecule has 0 saturated carbocycles. The zero-order valence-electron chi connectivity index (χ0n) is 5.37. The van der Waals surface area contributed by atoms with Gasteiger partial charge in [0.2, 0.25) is 12.0 Å². The van der Waals surface area contributed by atoms with Gasteiger partial charge in [-0.3, -0.25) is 5.32 Å². The van der Waals surface area contributed by atoms with Crippen LogP contribution in [0.3, 0.4) is 0 Å². The van der Waals surface area contributed by atoms with Gasteiger partial charge in [0.1, 0.15) is 0 Å². The number of anilines is 2. The Labute approximate surface area is 70.9 Å². The van der Waals surface area contributed by atoms with Gasteiger partial charge in [-0.25, -0.2) is 0 Å². The molecule has 2 rings (SSSR count). The minimum atomic E-state index is 0.402. The molecular weight excluding hydrogens is 210 g/mol. The molecule has 0 amide bonds. The molecule has 1 aliphatic heterocycles. The van der Waals surface area contributed by atoms with Gasteiger partial charge in [-0.15, -0.1) is 0 Å². The Kier molecular flexibility index (Phi) is 1.28. The topological polar surface area (TPSA) is 77.9 Å². The monoisotopic (exact) mass is 213 g/mol. The Morgan fingerprint density at radius 3 is 3.18 bits per heavy atom. The second-order valence-corrected chi connectivity index (χ2v) is 2.69. The van der Waals surface area contributed by atoms with Crippen molar-refractivity contribution in [2.24, 2.45) is 0 Å². The average molecular weight is 214 g/mol. The Hall–Kier alpha value is -1.17. The fourth-order valence-electron chi connectivity index (χ4n) is 0.828. The van der Waals surface area contributed by atoms with Crippen LogP contribution in [-0.2, 0) is 0 Å². The van der Waals surface area contributed by atoms with E-state index < -0.39 is 0 Å². The smallest absolute Gasteiger partial charge is 0.342 e. The molecule has 0 atom stereocenters. The van der Waals surface area contributed by atoms with Crippen LogP contribution in [0.5, 0.6) is 0 Å². The third kappa shape index (κ3) is 0.949. The van der Waals surface area contributed by atoms with Gasteiger partial charge in [0.05, 0.1) is 0 Å². The van der Waals surface area contributed by atoms with Gasteiger partial charge in [-0.05, 0) is 0 Å². The summed E-state index contributed by atoms with van der Waals surface area (Å²) in [5.41, 5.74) is 6.22. The van der Waals surface area contributed by atoms with E-state index in [-0.39, 0.29) is 0 Å². The molecule has 2 heterocycles. The van der Waals surface area contributed by atoms with Crippen LogP contribution in [0.4, 0.5) is 17.3 Å². The summed E-state index contributed by atoms with van der Waals surface area (Å²) in [5, 5.41) is 2.83. The van der Waals surface area contributed by atoms with Crippen LogP contribution in [0.25, 0.3) is 0 Å². The van der Waals surface area contributed by atoms with Gasteiger partial charge in [-0.2, -0.15) is 4.98 Å². The van der Waals surface area contributed by atoms with Gasteiger partial charge in [0.15, 0.2) is 5.82 Å². The molecule has 5 nitrogen and oxygen atoms in total. The normalized spacial score (nSPS) is 12.8. The van der Waals surface area contributed by atoms with Crippen molar-refractivity contribution >= 4 is 39.6 Å². The number of nitrogens with one attached hydrogen (secondary N) is 1. The lowest BCUT2D eigenvalue weighted by molar-refractivity contribution is 1.10. The lowest BCUT2D eigenvalue weighted by atomic mass is 10.4. The second kappa shape index (κ2) is 2.16. The van der Waals surface area contributed by atoms with Crippen LogP contribution in [0.15, 0.2) is 4.73 Å². The van der Waals surface area contributed by atoms with Gasteiger partial charge in [-0.1, -0.05) is 9.98 Å². The first-order valence-electron chi connectivity index (χ1n) is 2.89. The van der Waals surface area contributed by atoms with Gasteiger partial charge in [0, 0.05) is 15.9 Å². The Morgan fingerprint density at radius 1 is 1.55 bits per heavy atom. The molecule has 0 spiro atoms. The third-order valence-corrected chi connectivity index (χ3v) is 1.64. The number of rotatable bonds is 0. The van der Waals surface area contributed by atoms with Gasteiger partial charge in [0.25, 0.3) is 4.73 Å². The number of nitrogen functional groups attached to an aromatic ring is 1. The summed E-state index contributed by atoms with van der Waals surface area (Å²) < 4.78 is 0.453. The fraction of sp³-hybridized carbons (Fsp3) is 0. The standard InChI is InChI=1S/C5H4BrN5/c6-5-10-3(7)2-4(11-5)9-1-8-2/h1,8H,(H2,7,10,11)/q+1. The summed E-state index contributed by atoms with van der Waals surface area (Å²) in [6, 6.07) is 0. The first-order chi connectivity index (χ1) is 5.27. The Bertz CT molecular complexity index is 334. The summed E-state index contributed by atoms with van der Waals surface area (Å²) >= 11 is 3.11. The summed E-state index contributed by atoms with van der Waals surface area (Å²) in [6.07, 6.45) is 1.53. The van der Waals surface area contributed by atoms with E-state index in [1.54, 1.807) is 0 Å². The minimum absolute atomic E-state index is 0.402. The number of hydrogen-bond donors (Lipinski definition) is 2. The van der Waals surface area contributed by atoms with Crippen molar-refractivity contribution in [3.05, 3.63) is 4.73 Å². The largest absolute Gasteiger partial charge is 0.380 e. The van der Waals surface area contributed by atoms with E-state index in [4.69, 9.17) is 5.73 Å². The van der Waals surface area contributed by atoms with E-state index in [1.165, 1.54) is 6.34 Å². The average Bonchev–Trinajstić information content (AvgIpc) is 2.34. The molecule has 0 bridgehead atoms. The summed E-state index contributed by atoms with van der Waals surface area (Å²) in [6.45, 7) is 0. The van der Waals surface area contributed by atoms with Gasteiger partial charge >= 0.3 is 5.82 Å². The van der Waals surface area contributed by atoms with Crippen LogP contribution in [0.1, 0.15) is 0 Å². The first kappa shape index (κ1) is 6.53. The van der Waals surface area contributed by atoms with E-state index >= 15 is 0 Å². The molecule has 0 saturated heterocycles. The van der Waals surface area contributed by atoms with E-state index in [9.17, 15) is 0 Å². The Balaban J connectivity index is 2.66. The van der Waals surface area contributed by atoms with E-state index in [0.717, 1.165) is 0 Å². The lowest BCUT2D eigenvalue weighted by Crippen LogP contribution is -1.98. The number of aromatic nitrogens is 2. The maximum Gasteiger partial charge on any atom is 0.342 e. The van der Waals surface area contributed by atoms with Crippen LogP contribution in [-0.4, -0.2) is 16.3 Å². The number of nitrogens with two attached hydrogens (primary N) is 1. The Morgan fingerprint density at radius 2 is 2.36 bits per heavy atom. The number of hydrogen-bond acceptors (Lipinski definition) is 5. The first-order valence-corrected chi connectivity index (χ1v) is 3.69. The van der Waals surface area contributed by atoms with Crippen molar-refractivity contribution in [3.63, 3.8) is 0 Å². The SMILES string of the molecule is Nc1nc(Br)nc2c1NC=[N+]2. The maximum absolute atomic E-state index is 5.55. The molecule has 1 aliphatic rings. The van der Waals surface area contributed by atoms with Gasteiger partial charge < -0.3 is 5.73 Å². The fourth-order valence-corrected chi connectivity index (χ4v) is 1.19. The molecule has 1 aromatic rings. The summed E-state index contributed by atoms with van der Waals surface area (Å²) in [7, 11) is 0. The molecule has 6 heteroatoms. The van der Waals surface area contributed by atoms with Crippen molar-refractivity contribution < 1.29 is 0 Å². The molecule has 11 heavy (non-hydrogen) atoms. The highest BCUT2D eigenvalue weighted by atomic mass is 79.9. The number of halogens is 1. The van der Waals surface area contributed by atoms with E-state index in [1.807, 2.05) is 0 Å². The summed E-state index contributed by atoms with van der Waals surface area (Å²) in [4.78, 5) is 11.8. The molecule has 55 valence electrons. The molecule has 0 aliphatic carbocycles. The van der Waals surface area contributed by atoms with E-state index in [2.05, 4.69) is 36.2 Å². The second-order valence-electron chi connectivity index (χ2n) is 1.98. The van der Waals surface area contributed by atoms with Crippen molar-refractivity contribution in [1.82, 2.24) is 15.0 Å². The van der Waals surface area contributed by atoms with Crippen molar-refractivity contribution in [2.75, 3.05) is 11.1 Å².